The zero-order chi connectivity index (χ0) is 17.8. The molecule has 2 heteroatoms. The van der Waals surface area contributed by atoms with Crippen LogP contribution in [0.4, 0.5) is 0 Å². The molecule has 4 rings (SSSR count). The molecule has 4 aromatic rings. The van der Waals surface area contributed by atoms with Crippen LogP contribution in [0.2, 0.25) is 5.02 Å². The highest BCUT2D eigenvalue weighted by Gasteiger charge is 2.19. The van der Waals surface area contributed by atoms with E-state index in [0.717, 1.165) is 10.6 Å². The van der Waals surface area contributed by atoms with Crippen molar-refractivity contribution >= 4 is 36.0 Å². The smallest absolute Gasteiger partial charge is 0.0837 e. The highest BCUT2D eigenvalue weighted by molar-refractivity contribution is 6.95. The molecule has 0 amide bonds. The van der Waals surface area contributed by atoms with Gasteiger partial charge in [-0.25, -0.2) is 0 Å². The topological polar surface area (TPSA) is 0 Å². The molecule has 0 nitrogen and oxygen atoms in total. The predicted molar refractivity (Wildman–Crippen MR) is 114 cm³/mol. The maximum atomic E-state index is 6.43. The SMILES string of the molecule is Clc1ccccc1-c1cccc([Si](c2ccccc2)c2ccccc2)c1. The van der Waals surface area contributed by atoms with Crippen molar-refractivity contribution in [2.75, 3.05) is 0 Å². The van der Waals surface area contributed by atoms with Gasteiger partial charge < -0.3 is 0 Å². The van der Waals surface area contributed by atoms with Crippen LogP contribution < -0.4 is 15.6 Å². The van der Waals surface area contributed by atoms with Crippen molar-refractivity contribution < 1.29 is 0 Å². The molecule has 125 valence electrons. The first kappa shape index (κ1) is 16.8. The molecule has 0 heterocycles. The van der Waals surface area contributed by atoms with Crippen molar-refractivity contribution in [1.29, 1.82) is 0 Å². The van der Waals surface area contributed by atoms with Gasteiger partial charge in [0.2, 0.25) is 0 Å². The Morgan fingerprint density at radius 2 is 1.04 bits per heavy atom. The molecule has 0 atom stereocenters. The molecule has 26 heavy (non-hydrogen) atoms. The van der Waals surface area contributed by atoms with Gasteiger partial charge >= 0.3 is 0 Å². The Morgan fingerprint density at radius 1 is 0.500 bits per heavy atom. The second-order valence-electron chi connectivity index (χ2n) is 6.17. The number of hydrogen-bond acceptors (Lipinski definition) is 0. The fraction of sp³-hybridized carbons (Fsp3) is 0. The van der Waals surface area contributed by atoms with E-state index in [1.807, 2.05) is 18.2 Å². The van der Waals surface area contributed by atoms with Crippen molar-refractivity contribution in [1.82, 2.24) is 0 Å². The van der Waals surface area contributed by atoms with Crippen LogP contribution in [0.1, 0.15) is 0 Å². The maximum Gasteiger partial charge on any atom is 0.154 e. The Hall–Kier alpha value is -2.61. The molecule has 0 aliphatic heterocycles. The Balaban J connectivity index is 1.85. The minimum atomic E-state index is -1.06. The minimum absolute atomic E-state index is 0.790. The lowest BCUT2D eigenvalue weighted by Crippen LogP contribution is -2.51. The lowest BCUT2D eigenvalue weighted by molar-refractivity contribution is 1.63. The monoisotopic (exact) mass is 369 g/mol. The predicted octanol–water partition coefficient (Wildman–Crippen LogP) is 4.52. The molecule has 0 aliphatic carbocycles. The van der Waals surface area contributed by atoms with E-state index in [9.17, 15) is 0 Å². The fourth-order valence-electron chi connectivity index (χ4n) is 3.25. The Morgan fingerprint density at radius 3 is 1.65 bits per heavy atom. The molecule has 0 aliphatic rings. The quantitative estimate of drug-likeness (QED) is 0.366. The van der Waals surface area contributed by atoms with Gasteiger partial charge in [-0.3, -0.25) is 0 Å². The van der Waals surface area contributed by atoms with Crippen LogP contribution in [0.15, 0.2) is 109 Å². The summed E-state index contributed by atoms with van der Waals surface area (Å²) in [7, 11) is -1.06. The van der Waals surface area contributed by atoms with Crippen molar-refractivity contribution in [3.63, 3.8) is 0 Å². The van der Waals surface area contributed by atoms with E-state index >= 15 is 0 Å². The van der Waals surface area contributed by atoms with Gasteiger partial charge in [0.25, 0.3) is 0 Å². The van der Waals surface area contributed by atoms with E-state index in [1.54, 1.807) is 0 Å². The normalized spacial score (nSPS) is 10.8. The maximum absolute atomic E-state index is 6.43. The summed E-state index contributed by atoms with van der Waals surface area (Å²) in [6.07, 6.45) is 0. The van der Waals surface area contributed by atoms with E-state index < -0.39 is 8.80 Å². The Bertz CT molecular complexity index is 957. The van der Waals surface area contributed by atoms with Gasteiger partial charge in [0, 0.05) is 10.6 Å². The molecule has 0 bridgehead atoms. The first-order valence-electron chi connectivity index (χ1n) is 8.66. The third-order valence-electron chi connectivity index (χ3n) is 4.46. The van der Waals surface area contributed by atoms with Crippen LogP contribution in [-0.2, 0) is 0 Å². The van der Waals surface area contributed by atoms with Crippen molar-refractivity contribution in [2.45, 2.75) is 0 Å². The number of hydrogen-bond donors (Lipinski definition) is 0. The van der Waals surface area contributed by atoms with Crippen molar-refractivity contribution in [2.24, 2.45) is 0 Å². The van der Waals surface area contributed by atoms with E-state index in [4.69, 9.17) is 11.6 Å². The Labute approximate surface area is 161 Å². The highest BCUT2D eigenvalue weighted by atomic mass is 35.5. The van der Waals surface area contributed by atoms with Gasteiger partial charge in [0.05, 0.1) is 0 Å². The lowest BCUT2D eigenvalue weighted by Gasteiger charge is -2.18. The number of benzene rings is 4. The van der Waals surface area contributed by atoms with Gasteiger partial charge in [-0.1, -0.05) is 130 Å². The van der Waals surface area contributed by atoms with Gasteiger partial charge in [0.1, 0.15) is 0 Å². The first-order valence-corrected chi connectivity index (χ1v) is 10.5. The molecule has 0 unspecified atom stereocenters. The second-order valence-corrected chi connectivity index (χ2v) is 9.06. The molecule has 0 fully saturated rings. The van der Waals surface area contributed by atoms with E-state index in [2.05, 4.69) is 91.0 Å². The summed E-state index contributed by atoms with van der Waals surface area (Å²) in [5, 5.41) is 4.93. The molecule has 1 radical (unpaired) electrons. The fourth-order valence-corrected chi connectivity index (χ4v) is 6.11. The molecular formula is C24H18ClSi. The zero-order valence-electron chi connectivity index (χ0n) is 14.3. The second kappa shape index (κ2) is 7.73. The zero-order valence-corrected chi connectivity index (χ0v) is 16.0. The number of halogens is 1. The summed E-state index contributed by atoms with van der Waals surface area (Å²) in [4.78, 5) is 0. The summed E-state index contributed by atoms with van der Waals surface area (Å²) in [6.45, 7) is 0. The summed E-state index contributed by atoms with van der Waals surface area (Å²) < 4.78 is 0. The van der Waals surface area contributed by atoms with Gasteiger partial charge in [0.15, 0.2) is 8.80 Å². The molecule has 0 aromatic heterocycles. The van der Waals surface area contributed by atoms with Crippen molar-refractivity contribution in [3.8, 4) is 11.1 Å². The van der Waals surface area contributed by atoms with Gasteiger partial charge in [-0.2, -0.15) is 0 Å². The Kier molecular flexibility index (Phi) is 5.01. The van der Waals surface area contributed by atoms with Crippen molar-refractivity contribution in [3.05, 3.63) is 114 Å². The van der Waals surface area contributed by atoms with Crippen LogP contribution in [-0.4, -0.2) is 8.80 Å². The van der Waals surface area contributed by atoms with Gasteiger partial charge in [-0.05, 0) is 11.6 Å². The highest BCUT2D eigenvalue weighted by Crippen LogP contribution is 2.26. The van der Waals surface area contributed by atoms with E-state index in [-0.39, 0.29) is 0 Å². The average molecular weight is 370 g/mol. The van der Waals surface area contributed by atoms with Crippen LogP contribution >= 0.6 is 11.6 Å². The molecule has 0 saturated carbocycles. The largest absolute Gasteiger partial charge is 0.154 e. The van der Waals surface area contributed by atoms with E-state index in [0.29, 0.717) is 0 Å². The summed E-state index contributed by atoms with van der Waals surface area (Å²) in [6, 6.07) is 38.5. The van der Waals surface area contributed by atoms with Crippen LogP contribution in [0.25, 0.3) is 11.1 Å². The minimum Gasteiger partial charge on any atom is -0.0837 e. The third-order valence-corrected chi connectivity index (χ3v) is 7.50. The first-order chi connectivity index (χ1) is 12.8. The molecule has 4 aromatic carbocycles. The lowest BCUT2D eigenvalue weighted by atomic mass is 10.1. The van der Waals surface area contributed by atoms with E-state index in [1.165, 1.54) is 21.1 Å². The number of rotatable bonds is 4. The third kappa shape index (κ3) is 3.50. The van der Waals surface area contributed by atoms with Crippen LogP contribution in [0.3, 0.4) is 0 Å². The molecular weight excluding hydrogens is 352 g/mol. The van der Waals surface area contributed by atoms with Crippen LogP contribution in [0.5, 0.6) is 0 Å². The average Bonchev–Trinajstić information content (AvgIpc) is 2.70. The van der Waals surface area contributed by atoms with Crippen LogP contribution in [0, 0.1) is 0 Å². The summed E-state index contributed by atoms with van der Waals surface area (Å²) in [5.74, 6) is 0. The molecule has 0 N–H and O–H groups in total. The standard InChI is InChI=1S/C24H18ClSi/c25-24-17-8-7-16-23(24)19-10-9-15-22(18-19)26(20-11-3-1-4-12-20)21-13-5-2-6-14-21/h1-18H. The molecule has 0 saturated heterocycles. The molecule has 0 spiro atoms. The van der Waals surface area contributed by atoms with Gasteiger partial charge in [-0.15, -0.1) is 0 Å². The summed E-state index contributed by atoms with van der Waals surface area (Å²) >= 11 is 6.43. The summed E-state index contributed by atoms with van der Waals surface area (Å²) in [5.41, 5.74) is 2.25.